The molecule has 1 aromatic carbocycles. The van der Waals surface area contributed by atoms with Gasteiger partial charge in [0.1, 0.15) is 5.82 Å². The van der Waals surface area contributed by atoms with Gasteiger partial charge in [-0.3, -0.25) is 14.5 Å². The van der Waals surface area contributed by atoms with Crippen LogP contribution in [0.5, 0.6) is 0 Å². The number of hydrogen-bond acceptors (Lipinski definition) is 5. The van der Waals surface area contributed by atoms with Gasteiger partial charge in [-0.25, -0.2) is 10.8 Å². The number of aromatic nitrogens is 1. The fourth-order valence-corrected chi connectivity index (χ4v) is 2.35. The van der Waals surface area contributed by atoms with Crippen molar-refractivity contribution in [3.63, 3.8) is 0 Å². The highest BCUT2D eigenvalue weighted by Crippen LogP contribution is 2.21. The summed E-state index contributed by atoms with van der Waals surface area (Å²) in [6.07, 6.45) is 1.84. The average Bonchev–Trinajstić information content (AvgIpc) is 2.52. The van der Waals surface area contributed by atoms with Gasteiger partial charge in [-0.2, -0.15) is 0 Å². The molecule has 2 aromatic rings. The van der Waals surface area contributed by atoms with E-state index in [0.29, 0.717) is 11.4 Å². The molecule has 1 aromatic heterocycles. The van der Waals surface area contributed by atoms with Crippen LogP contribution in [0.3, 0.4) is 0 Å². The van der Waals surface area contributed by atoms with Gasteiger partial charge >= 0.3 is 0 Å². The number of fused-ring (bicyclic) bond motifs is 1. The maximum Gasteiger partial charge on any atom is 0.261 e. The maximum absolute atomic E-state index is 12.4. The molecule has 1 aliphatic rings. The van der Waals surface area contributed by atoms with E-state index in [9.17, 15) is 9.59 Å². The molecule has 0 atom stereocenters. The second-order valence-electron chi connectivity index (χ2n) is 4.81. The third-order valence-electron chi connectivity index (χ3n) is 3.45. The summed E-state index contributed by atoms with van der Waals surface area (Å²) in [7, 11) is 0. The van der Waals surface area contributed by atoms with Crippen LogP contribution < -0.4 is 11.3 Å². The molecule has 0 spiro atoms. The first-order chi connectivity index (χ1) is 10.2. The van der Waals surface area contributed by atoms with E-state index in [4.69, 9.17) is 5.84 Å². The monoisotopic (exact) mass is 282 g/mol. The van der Waals surface area contributed by atoms with Crippen molar-refractivity contribution in [3.05, 3.63) is 59.3 Å². The Morgan fingerprint density at radius 1 is 1.19 bits per heavy atom. The number of nitrogen functional groups attached to an aromatic ring is 1. The van der Waals surface area contributed by atoms with E-state index in [0.717, 1.165) is 11.1 Å². The SMILES string of the molecule is NNc1ccc(CN2C(=O)Cc3ccccc3C2=O)cn1. The van der Waals surface area contributed by atoms with Crippen LogP contribution in [-0.2, 0) is 17.8 Å². The van der Waals surface area contributed by atoms with Crippen molar-refractivity contribution in [1.29, 1.82) is 0 Å². The zero-order valence-electron chi connectivity index (χ0n) is 11.2. The molecule has 3 N–H and O–H groups in total. The molecule has 0 bridgehead atoms. The number of benzene rings is 1. The third-order valence-corrected chi connectivity index (χ3v) is 3.45. The Bertz CT molecular complexity index is 697. The number of hydrazine groups is 1. The lowest BCUT2D eigenvalue weighted by molar-refractivity contribution is -0.128. The van der Waals surface area contributed by atoms with Gasteiger partial charge in [0.25, 0.3) is 5.91 Å². The van der Waals surface area contributed by atoms with Crippen LogP contribution in [0.1, 0.15) is 21.5 Å². The number of imide groups is 1. The highest BCUT2D eigenvalue weighted by molar-refractivity contribution is 6.09. The summed E-state index contributed by atoms with van der Waals surface area (Å²) in [6, 6.07) is 10.7. The van der Waals surface area contributed by atoms with E-state index in [-0.39, 0.29) is 24.8 Å². The zero-order valence-corrected chi connectivity index (χ0v) is 11.2. The molecule has 1 aliphatic heterocycles. The van der Waals surface area contributed by atoms with Crippen LogP contribution in [0.15, 0.2) is 42.6 Å². The van der Waals surface area contributed by atoms with E-state index in [1.165, 1.54) is 4.90 Å². The van der Waals surface area contributed by atoms with Gasteiger partial charge in [-0.15, -0.1) is 0 Å². The first-order valence-corrected chi connectivity index (χ1v) is 6.53. The third kappa shape index (κ3) is 2.48. The van der Waals surface area contributed by atoms with Crippen molar-refractivity contribution in [2.45, 2.75) is 13.0 Å². The van der Waals surface area contributed by atoms with Gasteiger partial charge in [0.2, 0.25) is 5.91 Å². The minimum absolute atomic E-state index is 0.195. The molecule has 6 nitrogen and oxygen atoms in total. The minimum Gasteiger partial charge on any atom is -0.308 e. The largest absolute Gasteiger partial charge is 0.308 e. The van der Waals surface area contributed by atoms with Crippen LogP contribution in [0.4, 0.5) is 5.82 Å². The molecule has 0 unspecified atom stereocenters. The molecule has 0 saturated carbocycles. The van der Waals surface area contributed by atoms with Gasteiger partial charge < -0.3 is 5.43 Å². The first kappa shape index (κ1) is 13.3. The standard InChI is InChI=1S/C15H14N4O2/c16-18-13-6-5-10(8-17-13)9-19-14(20)7-11-3-1-2-4-12(11)15(19)21/h1-6,8H,7,9,16H2,(H,17,18). The normalized spacial score (nSPS) is 14.0. The molecule has 2 heterocycles. The highest BCUT2D eigenvalue weighted by Gasteiger charge is 2.30. The Labute approximate surface area is 121 Å². The molecule has 0 radical (unpaired) electrons. The molecule has 0 aliphatic carbocycles. The molecule has 21 heavy (non-hydrogen) atoms. The van der Waals surface area contributed by atoms with Gasteiger partial charge in [0.05, 0.1) is 13.0 Å². The number of carbonyl (C=O) groups excluding carboxylic acids is 2. The lowest BCUT2D eigenvalue weighted by atomic mass is 9.98. The van der Waals surface area contributed by atoms with Crippen molar-refractivity contribution in [3.8, 4) is 0 Å². The quantitative estimate of drug-likeness (QED) is 0.500. The zero-order chi connectivity index (χ0) is 14.8. The topological polar surface area (TPSA) is 88.3 Å². The van der Waals surface area contributed by atoms with E-state index in [1.54, 1.807) is 30.5 Å². The maximum atomic E-state index is 12.4. The first-order valence-electron chi connectivity index (χ1n) is 6.53. The second-order valence-corrected chi connectivity index (χ2v) is 4.81. The van der Waals surface area contributed by atoms with Gasteiger partial charge in [-0.1, -0.05) is 24.3 Å². The number of nitrogens with one attached hydrogen (secondary N) is 1. The lowest BCUT2D eigenvalue weighted by Gasteiger charge is -2.26. The van der Waals surface area contributed by atoms with Crippen molar-refractivity contribution < 1.29 is 9.59 Å². The summed E-state index contributed by atoms with van der Waals surface area (Å²) in [5.74, 6) is 5.32. The van der Waals surface area contributed by atoms with Crippen molar-refractivity contribution >= 4 is 17.6 Å². The summed E-state index contributed by atoms with van der Waals surface area (Å²) in [6.45, 7) is 0.212. The van der Waals surface area contributed by atoms with E-state index < -0.39 is 0 Å². The minimum atomic E-state index is -0.261. The number of hydrogen-bond donors (Lipinski definition) is 2. The van der Waals surface area contributed by atoms with Crippen molar-refractivity contribution in [2.75, 3.05) is 5.43 Å². The van der Waals surface area contributed by atoms with Crippen LogP contribution in [0.2, 0.25) is 0 Å². The Hall–Kier alpha value is -2.73. The number of carbonyl (C=O) groups is 2. The fraction of sp³-hybridized carbons (Fsp3) is 0.133. The predicted molar refractivity (Wildman–Crippen MR) is 77.1 cm³/mol. The predicted octanol–water partition coefficient (Wildman–Crippen LogP) is 1.09. The average molecular weight is 282 g/mol. The summed E-state index contributed by atoms with van der Waals surface area (Å²) < 4.78 is 0. The summed E-state index contributed by atoms with van der Waals surface area (Å²) in [4.78, 5) is 29.9. The number of nitrogens with zero attached hydrogens (tertiary/aromatic N) is 2. The number of nitrogens with two attached hydrogens (primary N) is 1. The molecule has 0 saturated heterocycles. The smallest absolute Gasteiger partial charge is 0.261 e. The molecule has 0 fully saturated rings. The van der Waals surface area contributed by atoms with E-state index in [1.807, 2.05) is 12.1 Å². The molecule has 3 rings (SSSR count). The summed E-state index contributed by atoms with van der Waals surface area (Å²) in [5, 5.41) is 0. The fourth-order valence-electron chi connectivity index (χ4n) is 2.35. The van der Waals surface area contributed by atoms with Crippen LogP contribution in [0.25, 0.3) is 0 Å². The molecular weight excluding hydrogens is 268 g/mol. The van der Waals surface area contributed by atoms with Gasteiger partial charge in [0, 0.05) is 11.8 Å². The van der Waals surface area contributed by atoms with E-state index >= 15 is 0 Å². The Morgan fingerprint density at radius 2 is 2.00 bits per heavy atom. The highest BCUT2D eigenvalue weighted by atomic mass is 16.2. The number of rotatable bonds is 3. The van der Waals surface area contributed by atoms with Gasteiger partial charge in [-0.05, 0) is 23.3 Å². The lowest BCUT2D eigenvalue weighted by Crippen LogP contribution is -2.41. The van der Waals surface area contributed by atoms with Crippen LogP contribution in [-0.4, -0.2) is 21.7 Å². The summed E-state index contributed by atoms with van der Waals surface area (Å²) >= 11 is 0. The molecular formula is C15H14N4O2. The Morgan fingerprint density at radius 3 is 2.71 bits per heavy atom. The Kier molecular flexibility index (Phi) is 3.37. The second kappa shape index (κ2) is 5.34. The summed E-state index contributed by atoms with van der Waals surface area (Å²) in [5.41, 5.74) is 4.57. The number of pyridine rings is 1. The van der Waals surface area contributed by atoms with Crippen molar-refractivity contribution in [1.82, 2.24) is 9.88 Å². The van der Waals surface area contributed by atoms with Gasteiger partial charge in [0.15, 0.2) is 0 Å². The van der Waals surface area contributed by atoms with Crippen LogP contribution in [0, 0.1) is 0 Å². The van der Waals surface area contributed by atoms with Crippen LogP contribution >= 0.6 is 0 Å². The molecule has 6 heteroatoms. The number of amides is 2. The Balaban J connectivity index is 1.85. The molecule has 106 valence electrons. The van der Waals surface area contributed by atoms with E-state index in [2.05, 4.69) is 10.4 Å². The molecule has 2 amide bonds. The number of anilines is 1. The van der Waals surface area contributed by atoms with Crippen molar-refractivity contribution in [2.24, 2.45) is 5.84 Å².